The molecule has 0 bridgehead atoms. The molecule has 0 radical (unpaired) electrons. The van der Waals surface area contributed by atoms with Crippen molar-refractivity contribution in [3.8, 4) is 0 Å². The minimum Gasteiger partial charge on any atom is -0.374 e. The second-order valence-corrected chi connectivity index (χ2v) is 20.6. The smallest absolute Gasteiger partial charge is 0.184 e. The molecule has 1 aliphatic carbocycles. The molecule has 0 spiro atoms. The summed E-state index contributed by atoms with van der Waals surface area (Å²) in [6, 6.07) is 49.2. The predicted octanol–water partition coefficient (Wildman–Crippen LogP) is 11.3. The van der Waals surface area contributed by atoms with E-state index in [0.29, 0.717) is 13.2 Å². The third-order valence-electron chi connectivity index (χ3n) is 15.0. The number of azide groups is 1. The Balaban J connectivity index is 1.06. The highest BCUT2D eigenvalue weighted by Gasteiger charge is 2.62. The van der Waals surface area contributed by atoms with Gasteiger partial charge in [0.2, 0.25) is 0 Å². The first kappa shape index (κ1) is 53.8. The van der Waals surface area contributed by atoms with E-state index in [2.05, 4.69) is 42.9 Å². The van der Waals surface area contributed by atoms with Crippen molar-refractivity contribution in [1.82, 2.24) is 0 Å². The van der Waals surface area contributed by atoms with Crippen LogP contribution >= 0.6 is 0 Å². The fourth-order valence-corrected chi connectivity index (χ4v) is 10.9. The van der Waals surface area contributed by atoms with Gasteiger partial charge in [-0.05, 0) is 71.4 Å². The van der Waals surface area contributed by atoms with Gasteiger partial charge in [0.15, 0.2) is 18.4 Å². The van der Waals surface area contributed by atoms with Gasteiger partial charge in [0.25, 0.3) is 0 Å². The lowest BCUT2D eigenvalue weighted by molar-refractivity contribution is -0.348. The van der Waals surface area contributed by atoms with E-state index in [-0.39, 0.29) is 44.4 Å². The Morgan fingerprint density at radius 2 is 0.878 bits per heavy atom. The van der Waals surface area contributed by atoms with Crippen LogP contribution in [0.3, 0.4) is 0 Å². The van der Waals surface area contributed by atoms with E-state index in [1.807, 2.05) is 160 Å². The Bertz CT molecular complexity index is 2490. The zero-order chi connectivity index (χ0) is 51.4. The molecule has 14 heteroatoms. The maximum absolute atomic E-state index is 10.4. The van der Waals surface area contributed by atoms with Crippen molar-refractivity contribution in [1.29, 1.82) is 0 Å². The molecule has 0 N–H and O–H groups in total. The quantitative estimate of drug-likeness (QED) is 0.0370. The third kappa shape index (κ3) is 13.3. The Kier molecular flexibility index (Phi) is 18.7. The Labute approximate surface area is 436 Å². The molecule has 5 aromatic rings. The van der Waals surface area contributed by atoms with Crippen molar-refractivity contribution < 1.29 is 52.1 Å². The second-order valence-electron chi connectivity index (χ2n) is 20.6. The van der Waals surface area contributed by atoms with Crippen molar-refractivity contribution in [2.45, 2.75) is 166 Å². The molecule has 4 fully saturated rings. The van der Waals surface area contributed by atoms with Gasteiger partial charge in [-0.3, -0.25) is 0 Å². The summed E-state index contributed by atoms with van der Waals surface area (Å²) in [6.45, 7) is 13.9. The van der Waals surface area contributed by atoms with Crippen LogP contribution in [0.1, 0.15) is 75.8 Å². The van der Waals surface area contributed by atoms with Gasteiger partial charge >= 0.3 is 0 Å². The van der Waals surface area contributed by atoms with Crippen LogP contribution in [0.4, 0.5) is 0 Å². The summed E-state index contributed by atoms with van der Waals surface area (Å²) < 4.78 is 76.5. The van der Waals surface area contributed by atoms with Crippen molar-refractivity contribution in [3.05, 3.63) is 190 Å². The lowest BCUT2D eigenvalue weighted by atomic mass is 9.82. The van der Waals surface area contributed by atoms with E-state index < -0.39 is 85.3 Å². The van der Waals surface area contributed by atoms with Crippen LogP contribution in [0.15, 0.2) is 157 Å². The Morgan fingerprint density at radius 1 is 0.473 bits per heavy atom. The summed E-state index contributed by atoms with van der Waals surface area (Å²) in [7, 11) is 0. The van der Waals surface area contributed by atoms with Gasteiger partial charge in [0.1, 0.15) is 48.8 Å². The van der Waals surface area contributed by atoms with Crippen LogP contribution in [0.2, 0.25) is 0 Å². The molecular weight excluding hydrogens is 939 g/mol. The van der Waals surface area contributed by atoms with Crippen molar-refractivity contribution in [2.75, 3.05) is 6.61 Å². The molecule has 14 nitrogen and oxygen atoms in total. The normalized spacial score (nSPS) is 32.6. The number of fused-ring (bicyclic) bond motifs is 1. The lowest BCUT2D eigenvalue weighted by Crippen LogP contribution is -2.67. The fourth-order valence-electron chi connectivity index (χ4n) is 10.9. The van der Waals surface area contributed by atoms with Crippen LogP contribution in [0, 0.1) is 17.8 Å². The average molecular weight is 1010 g/mol. The van der Waals surface area contributed by atoms with E-state index >= 15 is 0 Å². The maximum atomic E-state index is 10.4. The van der Waals surface area contributed by atoms with E-state index in [9.17, 15) is 5.53 Å². The minimum absolute atomic E-state index is 0.0781. The summed E-state index contributed by atoms with van der Waals surface area (Å²) in [4.78, 5) is 3.40. The van der Waals surface area contributed by atoms with Crippen molar-refractivity contribution in [2.24, 2.45) is 22.9 Å². The summed E-state index contributed by atoms with van der Waals surface area (Å²) >= 11 is 0. The highest BCUT2D eigenvalue weighted by Crippen LogP contribution is 2.45. The number of benzene rings is 5. The van der Waals surface area contributed by atoms with Gasteiger partial charge in [0.05, 0.1) is 57.9 Å². The van der Waals surface area contributed by atoms with E-state index in [1.165, 1.54) is 0 Å². The van der Waals surface area contributed by atoms with Gasteiger partial charge in [-0.1, -0.05) is 184 Å². The molecule has 5 aromatic carbocycles. The number of rotatable bonds is 22. The first-order chi connectivity index (χ1) is 36.1. The largest absolute Gasteiger partial charge is 0.374 e. The van der Waals surface area contributed by atoms with Crippen LogP contribution < -0.4 is 0 Å². The highest BCUT2D eigenvalue weighted by atomic mass is 16.8. The first-order valence-electron chi connectivity index (χ1n) is 26.3. The molecule has 9 rings (SSSR count). The molecule has 3 saturated heterocycles. The average Bonchev–Trinajstić information content (AvgIpc) is 3.76. The topological polar surface area (TPSA) is 150 Å². The second kappa shape index (κ2) is 25.7. The molecule has 74 heavy (non-hydrogen) atoms. The van der Waals surface area contributed by atoms with Gasteiger partial charge in [-0.15, -0.1) is 0 Å². The number of ether oxygens (including phenoxy) is 11. The zero-order valence-corrected chi connectivity index (χ0v) is 43.5. The monoisotopic (exact) mass is 1010 g/mol. The molecule has 0 amide bonds. The number of nitrogens with zero attached hydrogens (tertiary/aromatic N) is 3. The van der Waals surface area contributed by atoms with Gasteiger partial charge < -0.3 is 52.1 Å². The van der Waals surface area contributed by atoms with E-state index in [1.54, 1.807) is 0 Å². The summed E-state index contributed by atoms with van der Waals surface area (Å²) in [5, 5.41) is 4.44. The molecule has 394 valence electrons. The van der Waals surface area contributed by atoms with Crippen molar-refractivity contribution in [3.63, 3.8) is 0 Å². The van der Waals surface area contributed by atoms with Crippen LogP contribution in [-0.4, -0.2) is 92.1 Å². The van der Waals surface area contributed by atoms with Gasteiger partial charge in [0, 0.05) is 4.91 Å². The molecule has 4 aliphatic rings. The molecule has 16 atom stereocenters. The SMILES string of the molecule is CCC1O[C@H](O[C@@H]2C(COCc3ccccc3)O[C@@H](OC3C(OCc4ccccc4)C(OCc4ccccc4)[C@@H](OCc4ccccc4)C4OC(C)(C)O[C@@H]34)C(N=[N+]=[N-])[C@H]2C)C(OCc2ccccc2)[C@@H](C)[C@@H]1C. The molecular formula is C60H73N3O11. The zero-order valence-electron chi connectivity index (χ0n) is 43.5. The fraction of sp³-hybridized carbons (Fsp3) is 0.500. The van der Waals surface area contributed by atoms with Crippen molar-refractivity contribution >= 4 is 0 Å². The van der Waals surface area contributed by atoms with E-state index in [0.717, 1.165) is 34.2 Å². The van der Waals surface area contributed by atoms with Crippen LogP contribution in [-0.2, 0) is 85.1 Å². The summed E-state index contributed by atoms with van der Waals surface area (Å²) in [6.07, 6.45) is -7.62. The van der Waals surface area contributed by atoms with Gasteiger partial charge in [-0.25, -0.2) is 0 Å². The van der Waals surface area contributed by atoms with E-state index in [4.69, 9.17) is 52.1 Å². The minimum atomic E-state index is -1.14. The number of hydrogen-bond acceptors (Lipinski definition) is 12. The Morgan fingerprint density at radius 3 is 1.35 bits per heavy atom. The Hall–Kier alpha value is -5.03. The lowest BCUT2D eigenvalue weighted by Gasteiger charge is -2.51. The van der Waals surface area contributed by atoms with Crippen LogP contribution in [0.25, 0.3) is 10.4 Å². The standard InChI is InChI=1S/C60H73N3O11/c1-7-47-39(2)40(3)51(65-34-43-25-15-9-16-26-43)59(69-47)71-50-41(4)49(62-63-61)58(70-48(50)38-64-33-42-23-13-8-14-24-42)72-55-53(67-36-45-29-19-11-20-30-45)52(66-35-44-27-17-10-18-28-44)54(56-57(55)74-60(5,6)73-56)68-37-46-31-21-12-22-32-46/h8-32,39-41,47-59H,7,33-38H2,1-6H3/t39-,40-,41+,47?,48?,49?,50-,51?,52?,53?,54+,55?,56?,57-,58-,59+/m0/s1. The summed E-state index contributed by atoms with van der Waals surface area (Å²) in [5.41, 5.74) is 15.3. The molecule has 8 unspecified atom stereocenters. The molecule has 0 aromatic heterocycles. The molecule has 1 saturated carbocycles. The number of hydrogen-bond donors (Lipinski definition) is 0. The predicted molar refractivity (Wildman–Crippen MR) is 278 cm³/mol. The third-order valence-corrected chi connectivity index (χ3v) is 15.0. The van der Waals surface area contributed by atoms with Gasteiger partial charge in [-0.2, -0.15) is 0 Å². The highest BCUT2D eigenvalue weighted by molar-refractivity contribution is 5.18. The molecule has 3 heterocycles. The maximum Gasteiger partial charge on any atom is 0.184 e. The first-order valence-corrected chi connectivity index (χ1v) is 26.3. The molecule has 3 aliphatic heterocycles. The summed E-state index contributed by atoms with van der Waals surface area (Å²) in [5.74, 6) is -1.26. The van der Waals surface area contributed by atoms with Crippen LogP contribution in [0.5, 0.6) is 0 Å².